The maximum atomic E-state index is 13.7. The van der Waals surface area contributed by atoms with E-state index >= 15 is 0 Å². The van der Waals surface area contributed by atoms with Gasteiger partial charge in [-0.05, 0) is 47.6 Å². The van der Waals surface area contributed by atoms with Gasteiger partial charge in [0.1, 0.15) is 6.04 Å². The molecule has 0 aliphatic heterocycles. The van der Waals surface area contributed by atoms with Gasteiger partial charge in [-0.2, -0.15) is 0 Å². The Bertz CT molecular complexity index is 1250. The summed E-state index contributed by atoms with van der Waals surface area (Å²) in [5.74, 6) is -0.995. The van der Waals surface area contributed by atoms with Crippen LogP contribution >= 0.6 is 0 Å². The highest BCUT2D eigenvalue weighted by molar-refractivity contribution is 5.81. The molecule has 0 bridgehead atoms. The lowest BCUT2D eigenvalue weighted by Gasteiger charge is -2.25. The summed E-state index contributed by atoms with van der Waals surface area (Å²) in [5, 5.41) is 12.5. The number of hydrogen-bond donors (Lipinski definition) is 2. The van der Waals surface area contributed by atoms with Crippen molar-refractivity contribution in [2.45, 2.75) is 77.8 Å². The monoisotopic (exact) mass is 502 g/mol. The minimum absolute atomic E-state index is 0.193. The third-order valence-electron chi connectivity index (χ3n) is 6.66. The van der Waals surface area contributed by atoms with Crippen LogP contribution in [0.3, 0.4) is 0 Å². The smallest absolute Gasteiger partial charge is 0.305 e. The quantitative estimate of drug-likeness (QED) is 0.321. The predicted molar refractivity (Wildman–Crippen MR) is 147 cm³/mol. The first-order chi connectivity index (χ1) is 17.7. The second-order valence-corrected chi connectivity index (χ2v) is 10.1. The number of amides is 1. The molecule has 3 aromatic rings. The number of pyridine rings is 1. The Balaban J connectivity index is 1.94. The number of aryl methyl sites for hydroxylation is 1. The molecule has 0 aliphatic rings. The van der Waals surface area contributed by atoms with E-state index in [4.69, 9.17) is 0 Å². The molecule has 2 N–H and O–H groups in total. The van der Waals surface area contributed by atoms with Crippen LogP contribution in [0.5, 0.6) is 0 Å². The van der Waals surface area contributed by atoms with Crippen LogP contribution in [0.25, 0.3) is 0 Å². The first-order valence-electron chi connectivity index (χ1n) is 13.1. The lowest BCUT2D eigenvalue weighted by atomic mass is 9.97. The molecule has 1 aromatic heterocycles. The zero-order chi connectivity index (χ0) is 26.9. The number of nitrogens with zero attached hydrogens (tertiary/aromatic N) is 1. The number of carboxylic acids is 1. The number of nitrogens with one attached hydrogen (secondary N) is 1. The third kappa shape index (κ3) is 7.66. The fraction of sp³-hybridized carbons (Fsp3) is 0.387. The third-order valence-corrected chi connectivity index (χ3v) is 6.66. The van der Waals surface area contributed by atoms with Crippen molar-refractivity contribution < 1.29 is 14.7 Å². The van der Waals surface area contributed by atoms with E-state index < -0.39 is 18.1 Å². The van der Waals surface area contributed by atoms with E-state index in [0.29, 0.717) is 24.3 Å². The second kappa shape index (κ2) is 13.0. The lowest BCUT2D eigenvalue weighted by Crippen LogP contribution is -2.40. The average Bonchev–Trinajstić information content (AvgIpc) is 2.86. The molecule has 3 rings (SSSR count). The van der Waals surface area contributed by atoms with Crippen LogP contribution in [0.15, 0.2) is 71.7 Å². The Labute approximate surface area is 219 Å². The summed E-state index contributed by atoms with van der Waals surface area (Å²) in [5.41, 5.74) is 4.23. The molecule has 1 unspecified atom stereocenters. The van der Waals surface area contributed by atoms with Gasteiger partial charge in [0.25, 0.3) is 5.56 Å². The predicted octanol–water partition coefficient (Wildman–Crippen LogP) is 5.93. The number of unbranched alkanes of at least 4 members (excludes halogenated alkanes) is 1. The highest BCUT2D eigenvalue weighted by Crippen LogP contribution is 2.23. The van der Waals surface area contributed by atoms with Crippen molar-refractivity contribution in [2.75, 3.05) is 0 Å². The zero-order valence-corrected chi connectivity index (χ0v) is 22.2. The van der Waals surface area contributed by atoms with Crippen molar-refractivity contribution in [1.82, 2.24) is 9.88 Å². The number of carboxylic acid groups (broad SMARTS) is 1. The van der Waals surface area contributed by atoms with Crippen LogP contribution in [0, 0.1) is 6.92 Å². The van der Waals surface area contributed by atoms with Crippen LogP contribution in [0.2, 0.25) is 0 Å². The molecule has 196 valence electrons. The molecule has 0 spiro atoms. The summed E-state index contributed by atoms with van der Waals surface area (Å²) < 4.78 is 1.54. The van der Waals surface area contributed by atoms with Crippen molar-refractivity contribution in [2.24, 2.45) is 0 Å². The number of carbonyl (C=O) groups excluding carboxylic acids is 1. The lowest BCUT2D eigenvalue weighted by molar-refractivity contribution is -0.137. The molecule has 6 nitrogen and oxygen atoms in total. The minimum Gasteiger partial charge on any atom is -0.481 e. The van der Waals surface area contributed by atoms with Gasteiger partial charge in [0.2, 0.25) is 5.91 Å². The van der Waals surface area contributed by atoms with Gasteiger partial charge in [0.05, 0.1) is 12.5 Å². The summed E-state index contributed by atoms with van der Waals surface area (Å²) in [6.07, 6.45) is 4.10. The molecule has 6 heteroatoms. The number of benzene rings is 2. The number of carbonyl (C=O) groups is 2. The van der Waals surface area contributed by atoms with Gasteiger partial charge in [0.15, 0.2) is 0 Å². The summed E-state index contributed by atoms with van der Waals surface area (Å²) in [6.45, 7) is 8.14. The highest BCUT2D eigenvalue weighted by Gasteiger charge is 2.26. The van der Waals surface area contributed by atoms with Gasteiger partial charge in [-0.25, -0.2) is 0 Å². The SMILES string of the molecule is CCCCC(C(=O)N[C@@H](CC(=O)O)c1ccc(C(C)C)cc1)n1cc(C)cc(Cc2ccccc2)c1=O. The Morgan fingerprint density at radius 1 is 1.00 bits per heavy atom. The largest absolute Gasteiger partial charge is 0.481 e. The van der Waals surface area contributed by atoms with Gasteiger partial charge >= 0.3 is 5.97 Å². The first-order valence-corrected chi connectivity index (χ1v) is 13.1. The van der Waals surface area contributed by atoms with Crippen molar-refractivity contribution >= 4 is 11.9 Å². The van der Waals surface area contributed by atoms with Gasteiger partial charge in [0, 0.05) is 18.2 Å². The second-order valence-electron chi connectivity index (χ2n) is 10.1. The molecule has 37 heavy (non-hydrogen) atoms. The van der Waals surface area contributed by atoms with Crippen LogP contribution in [0.4, 0.5) is 0 Å². The van der Waals surface area contributed by atoms with Gasteiger partial charge in [-0.15, -0.1) is 0 Å². The molecular formula is C31H38N2O4. The zero-order valence-electron chi connectivity index (χ0n) is 22.2. The maximum absolute atomic E-state index is 13.7. The molecule has 0 aliphatic carbocycles. The molecule has 2 atom stereocenters. The van der Waals surface area contributed by atoms with E-state index in [1.165, 1.54) is 4.57 Å². The summed E-state index contributed by atoms with van der Waals surface area (Å²) in [7, 11) is 0. The molecule has 1 amide bonds. The maximum Gasteiger partial charge on any atom is 0.305 e. The van der Waals surface area contributed by atoms with Crippen LogP contribution in [-0.2, 0) is 16.0 Å². The van der Waals surface area contributed by atoms with E-state index in [9.17, 15) is 19.5 Å². The number of hydrogen-bond acceptors (Lipinski definition) is 3. The van der Waals surface area contributed by atoms with Crippen molar-refractivity contribution in [3.63, 3.8) is 0 Å². The van der Waals surface area contributed by atoms with Crippen molar-refractivity contribution in [3.8, 4) is 0 Å². The fourth-order valence-corrected chi connectivity index (χ4v) is 4.59. The Morgan fingerprint density at radius 2 is 1.65 bits per heavy atom. The first kappa shape index (κ1) is 27.9. The van der Waals surface area contributed by atoms with Crippen molar-refractivity contribution in [3.05, 3.63) is 105 Å². The summed E-state index contributed by atoms with van der Waals surface area (Å²) in [6, 6.07) is 17.9. The molecule has 2 aromatic carbocycles. The molecule has 0 saturated carbocycles. The molecule has 0 radical (unpaired) electrons. The summed E-state index contributed by atoms with van der Waals surface area (Å²) >= 11 is 0. The fourth-order valence-electron chi connectivity index (χ4n) is 4.59. The van der Waals surface area contributed by atoms with E-state index in [1.54, 1.807) is 6.20 Å². The van der Waals surface area contributed by atoms with E-state index in [1.807, 2.05) is 74.5 Å². The Morgan fingerprint density at radius 3 is 2.24 bits per heavy atom. The topological polar surface area (TPSA) is 88.4 Å². The van der Waals surface area contributed by atoms with E-state index in [-0.39, 0.29) is 17.9 Å². The van der Waals surface area contributed by atoms with Gasteiger partial charge in [-0.3, -0.25) is 14.4 Å². The van der Waals surface area contributed by atoms with E-state index in [0.717, 1.165) is 35.1 Å². The van der Waals surface area contributed by atoms with Crippen molar-refractivity contribution in [1.29, 1.82) is 0 Å². The number of rotatable bonds is 12. The normalized spacial score (nSPS) is 12.8. The number of aliphatic carboxylic acids is 1. The molecule has 0 fully saturated rings. The van der Waals surface area contributed by atoms with Crippen LogP contribution in [-0.4, -0.2) is 21.6 Å². The standard InChI is InChI=1S/C31H38N2O4/c1-5-6-12-28(33-20-22(4)17-26(31(33)37)18-23-10-8-7-9-11-23)30(36)32-27(19-29(34)35)25-15-13-24(14-16-25)21(2)3/h7-11,13-17,20-21,27-28H,5-6,12,18-19H2,1-4H3,(H,32,36)(H,34,35)/t27-,28?/m0/s1. The highest BCUT2D eigenvalue weighted by atomic mass is 16.4. The average molecular weight is 503 g/mol. The minimum atomic E-state index is -0.999. The summed E-state index contributed by atoms with van der Waals surface area (Å²) in [4.78, 5) is 38.9. The van der Waals surface area contributed by atoms with Gasteiger partial charge in [-0.1, -0.05) is 88.2 Å². The Kier molecular flexibility index (Phi) is 9.84. The van der Waals surface area contributed by atoms with E-state index in [2.05, 4.69) is 19.2 Å². The van der Waals surface area contributed by atoms with Gasteiger partial charge < -0.3 is 15.0 Å². The molecular weight excluding hydrogens is 464 g/mol. The van der Waals surface area contributed by atoms with Crippen LogP contribution in [0.1, 0.15) is 92.3 Å². The Hall–Kier alpha value is -3.67. The van der Waals surface area contributed by atoms with Crippen LogP contribution < -0.4 is 10.9 Å². The number of aromatic nitrogens is 1. The molecule has 1 heterocycles. The molecule has 0 saturated heterocycles.